The van der Waals surface area contributed by atoms with Gasteiger partial charge in [-0.15, -0.1) is 0 Å². The Morgan fingerprint density at radius 2 is 1.75 bits per heavy atom. The van der Waals surface area contributed by atoms with Crippen LogP contribution in [0.3, 0.4) is 0 Å². The summed E-state index contributed by atoms with van der Waals surface area (Å²) in [6.45, 7) is 0. The summed E-state index contributed by atoms with van der Waals surface area (Å²) < 4.78 is 4.61. The van der Waals surface area contributed by atoms with Crippen molar-refractivity contribution in [3.8, 4) is 5.75 Å². The maximum atomic E-state index is 8.70. The van der Waals surface area contributed by atoms with Gasteiger partial charge in [0.2, 0.25) is 0 Å². The molecule has 0 saturated heterocycles. The molecule has 0 aliphatic carbocycles. The van der Waals surface area contributed by atoms with Crippen molar-refractivity contribution >= 4 is 20.3 Å². The molecule has 0 amide bonds. The molecule has 0 saturated carbocycles. The predicted octanol–water partition coefficient (Wildman–Crippen LogP) is -1.73. The van der Waals surface area contributed by atoms with Crippen LogP contribution >= 0.6 is 0 Å². The fourth-order valence-electron chi connectivity index (χ4n) is 0.779. The Kier molecular flexibility index (Phi) is 3.16. The van der Waals surface area contributed by atoms with Crippen LogP contribution in [0.25, 0.3) is 0 Å². The standard InChI is InChI=1S/C6H7B2O4/c9-7-12-6-3-1-5(2-4-6)8(10)11/h1-4,9-11H. The third-order valence-corrected chi connectivity index (χ3v) is 1.37. The highest BCUT2D eigenvalue weighted by Crippen LogP contribution is 2.05. The van der Waals surface area contributed by atoms with Crippen molar-refractivity contribution < 1.29 is 19.7 Å². The molecule has 61 valence electrons. The molecule has 4 nitrogen and oxygen atoms in total. The third kappa shape index (κ3) is 2.27. The van der Waals surface area contributed by atoms with Gasteiger partial charge in [-0.25, -0.2) is 0 Å². The van der Waals surface area contributed by atoms with Crippen LogP contribution in [0.2, 0.25) is 0 Å². The number of benzene rings is 1. The first-order chi connectivity index (χ1) is 5.74. The molecule has 1 rings (SSSR count). The molecule has 1 aromatic carbocycles. The van der Waals surface area contributed by atoms with Crippen molar-refractivity contribution in [2.24, 2.45) is 0 Å². The number of hydrogen-bond donors (Lipinski definition) is 3. The van der Waals surface area contributed by atoms with Gasteiger partial charge in [0.05, 0.1) is 5.75 Å². The highest BCUT2D eigenvalue weighted by atomic mass is 16.5. The maximum absolute atomic E-state index is 8.70. The molecule has 6 heteroatoms. The van der Waals surface area contributed by atoms with Gasteiger partial charge in [0.25, 0.3) is 0 Å². The largest absolute Gasteiger partial charge is 0.569 e. The fraction of sp³-hybridized carbons (Fsp3) is 0. The quantitative estimate of drug-likeness (QED) is 0.465. The number of hydrogen-bond acceptors (Lipinski definition) is 4. The van der Waals surface area contributed by atoms with Crippen molar-refractivity contribution in [1.29, 1.82) is 0 Å². The van der Waals surface area contributed by atoms with Crippen LogP contribution in [-0.4, -0.2) is 29.9 Å². The van der Waals surface area contributed by atoms with Gasteiger partial charge in [-0.2, -0.15) is 0 Å². The average molecular weight is 165 g/mol. The van der Waals surface area contributed by atoms with Crippen molar-refractivity contribution in [2.75, 3.05) is 0 Å². The molecule has 0 fully saturated rings. The van der Waals surface area contributed by atoms with Crippen molar-refractivity contribution in [1.82, 2.24) is 0 Å². The van der Waals surface area contributed by atoms with Crippen molar-refractivity contribution in [3.63, 3.8) is 0 Å². The molecular weight excluding hydrogens is 158 g/mol. The van der Waals surface area contributed by atoms with Gasteiger partial charge in [0.1, 0.15) is 0 Å². The lowest BCUT2D eigenvalue weighted by atomic mass is 9.80. The van der Waals surface area contributed by atoms with E-state index >= 15 is 0 Å². The lowest BCUT2D eigenvalue weighted by Gasteiger charge is -2.02. The van der Waals surface area contributed by atoms with Gasteiger partial charge in [0, 0.05) is 0 Å². The summed E-state index contributed by atoms with van der Waals surface area (Å²) in [6.07, 6.45) is 0. The number of rotatable bonds is 3. The van der Waals surface area contributed by atoms with E-state index in [0.29, 0.717) is 18.9 Å². The molecule has 0 heterocycles. The Hall–Kier alpha value is -0.970. The molecule has 1 aromatic rings. The predicted molar refractivity (Wildman–Crippen MR) is 44.9 cm³/mol. The molecule has 3 N–H and O–H groups in total. The van der Waals surface area contributed by atoms with Gasteiger partial charge in [-0.3, -0.25) is 0 Å². The summed E-state index contributed by atoms with van der Waals surface area (Å²) in [7, 11) is -0.915. The van der Waals surface area contributed by atoms with Gasteiger partial charge in [0.15, 0.2) is 0 Å². The normalized spacial score (nSPS) is 9.25. The van der Waals surface area contributed by atoms with E-state index in [1.807, 2.05) is 0 Å². The molecule has 0 atom stereocenters. The van der Waals surface area contributed by atoms with E-state index < -0.39 is 7.12 Å². The van der Waals surface area contributed by atoms with Crippen LogP contribution in [0.15, 0.2) is 24.3 Å². The molecule has 1 radical (unpaired) electrons. The first-order valence-electron chi connectivity index (χ1n) is 3.32. The molecule has 0 unspecified atom stereocenters. The molecule has 0 bridgehead atoms. The topological polar surface area (TPSA) is 69.9 Å². The molecule has 12 heavy (non-hydrogen) atoms. The monoisotopic (exact) mass is 165 g/mol. The average Bonchev–Trinajstić information content (AvgIpc) is 2.06. The molecule has 0 aliphatic heterocycles. The summed E-state index contributed by atoms with van der Waals surface area (Å²) >= 11 is 0. The second-order valence-corrected chi connectivity index (χ2v) is 2.17. The highest BCUT2D eigenvalue weighted by molar-refractivity contribution is 6.58. The van der Waals surface area contributed by atoms with Crippen molar-refractivity contribution in [3.05, 3.63) is 24.3 Å². The summed E-state index contributed by atoms with van der Waals surface area (Å²) in [5.74, 6) is 0.432. The zero-order chi connectivity index (χ0) is 8.97. The Bertz CT molecular complexity index is 236. The van der Waals surface area contributed by atoms with Crippen LogP contribution in [-0.2, 0) is 0 Å². The van der Waals surface area contributed by atoms with Gasteiger partial charge < -0.3 is 19.7 Å². The first kappa shape index (κ1) is 9.12. The van der Waals surface area contributed by atoms with E-state index in [1.165, 1.54) is 24.3 Å². The van der Waals surface area contributed by atoms with Crippen LogP contribution in [0.4, 0.5) is 0 Å². The minimum absolute atomic E-state index is 0.375. The van der Waals surface area contributed by atoms with E-state index in [-0.39, 0.29) is 0 Å². The zero-order valence-corrected chi connectivity index (χ0v) is 6.21. The minimum Gasteiger partial charge on any atom is -0.537 e. The third-order valence-electron chi connectivity index (χ3n) is 1.37. The summed E-state index contributed by atoms with van der Waals surface area (Å²) in [5, 5.41) is 25.7. The Labute approximate surface area is 70.9 Å². The lowest BCUT2D eigenvalue weighted by Crippen LogP contribution is -2.29. The smallest absolute Gasteiger partial charge is 0.537 e. The summed E-state index contributed by atoms with van der Waals surface area (Å²) in [5.41, 5.74) is 0.375. The summed E-state index contributed by atoms with van der Waals surface area (Å²) in [4.78, 5) is 0. The van der Waals surface area contributed by atoms with E-state index in [4.69, 9.17) is 15.1 Å². The van der Waals surface area contributed by atoms with Gasteiger partial charge in [-0.1, -0.05) is 12.1 Å². The van der Waals surface area contributed by atoms with E-state index in [9.17, 15) is 0 Å². The highest BCUT2D eigenvalue weighted by Gasteiger charge is 2.09. The van der Waals surface area contributed by atoms with Crippen LogP contribution in [0.1, 0.15) is 0 Å². The first-order valence-corrected chi connectivity index (χ1v) is 3.32. The second kappa shape index (κ2) is 4.15. The summed E-state index contributed by atoms with van der Waals surface area (Å²) in [6, 6.07) is 6.01. The van der Waals surface area contributed by atoms with E-state index in [0.717, 1.165) is 0 Å². The van der Waals surface area contributed by atoms with Gasteiger partial charge in [-0.05, 0) is 17.6 Å². The second-order valence-electron chi connectivity index (χ2n) is 2.17. The Morgan fingerprint density at radius 1 is 1.17 bits per heavy atom. The Morgan fingerprint density at radius 3 is 2.17 bits per heavy atom. The van der Waals surface area contributed by atoms with Crippen LogP contribution in [0.5, 0.6) is 5.75 Å². The van der Waals surface area contributed by atoms with Crippen LogP contribution in [0, 0.1) is 0 Å². The SMILES string of the molecule is O[B]Oc1ccc(B(O)O)cc1. The molecule has 0 spiro atoms. The lowest BCUT2D eigenvalue weighted by molar-refractivity contribution is 0.425. The maximum Gasteiger partial charge on any atom is 0.569 e. The molecule has 0 aliphatic rings. The van der Waals surface area contributed by atoms with Gasteiger partial charge >= 0.3 is 14.8 Å². The fourth-order valence-corrected chi connectivity index (χ4v) is 0.779. The Balaban J connectivity index is 2.71. The van der Waals surface area contributed by atoms with E-state index in [1.54, 1.807) is 0 Å². The van der Waals surface area contributed by atoms with Crippen LogP contribution < -0.4 is 10.1 Å². The van der Waals surface area contributed by atoms with E-state index in [2.05, 4.69) is 4.65 Å². The zero-order valence-electron chi connectivity index (χ0n) is 6.21. The van der Waals surface area contributed by atoms with Crippen molar-refractivity contribution in [2.45, 2.75) is 0 Å². The molecular formula is C6H7B2O4. The molecule has 0 aromatic heterocycles. The minimum atomic E-state index is -1.47.